The van der Waals surface area contributed by atoms with Gasteiger partial charge in [0, 0.05) is 5.69 Å². The van der Waals surface area contributed by atoms with Crippen LogP contribution < -0.4 is 15.1 Å². The van der Waals surface area contributed by atoms with Gasteiger partial charge in [-0.1, -0.05) is 54.6 Å². The molecular formula is C27H21NO4. The first kappa shape index (κ1) is 19.8. The molecule has 5 nitrogen and oxygen atoms in total. The first-order chi connectivity index (χ1) is 15.6. The summed E-state index contributed by atoms with van der Waals surface area (Å²) in [6, 6.07) is 21.6. The maximum Gasteiger partial charge on any atom is 0.295 e. The molecule has 0 fully saturated rings. The van der Waals surface area contributed by atoms with Crippen LogP contribution in [0.5, 0.6) is 5.75 Å². The van der Waals surface area contributed by atoms with Crippen molar-refractivity contribution in [2.75, 3.05) is 11.5 Å². The Hall–Kier alpha value is -4.12. The predicted octanol–water partition coefficient (Wildman–Crippen LogP) is 5.42. The third-order valence-electron chi connectivity index (χ3n) is 5.62. The number of carbonyl (C=O) groups excluding carboxylic acids is 1. The third-order valence-corrected chi connectivity index (χ3v) is 5.62. The van der Waals surface area contributed by atoms with Crippen molar-refractivity contribution >= 4 is 22.6 Å². The summed E-state index contributed by atoms with van der Waals surface area (Å²) in [7, 11) is 0. The van der Waals surface area contributed by atoms with E-state index in [2.05, 4.69) is 6.58 Å². The monoisotopic (exact) mass is 423 g/mol. The number of ether oxygens (including phenoxy) is 1. The zero-order valence-corrected chi connectivity index (χ0v) is 17.6. The standard InChI is InChI=1S/C27H21NO4/c1-3-15-31-20-12-10-18(11-13-20)24-23-25(29)21-16-17(2)9-14-22(21)32-26(23)27(30)28(24)19-7-5-4-6-8-19/h3-14,16,24H,1,15H2,2H3. The number of rotatable bonds is 5. The van der Waals surface area contributed by atoms with Crippen LogP contribution in [-0.4, -0.2) is 12.5 Å². The molecule has 1 amide bonds. The first-order valence-corrected chi connectivity index (χ1v) is 10.4. The zero-order chi connectivity index (χ0) is 22.2. The Morgan fingerprint density at radius 2 is 1.78 bits per heavy atom. The minimum Gasteiger partial charge on any atom is -0.490 e. The highest BCUT2D eigenvalue weighted by molar-refractivity contribution is 6.10. The predicted molar refractivity (Wildman–Crippen MR) is 124 cm³/mol. The average molecular weight is 423 g/mol. The SMILES string of the molecule is C=CCOc1ccc(C2c3c(oc4ccc(C)cc4c3=O)C(=O)N2c2ccccc2)cc1. The van der Waals surface area contributed by atoms with Crippen molar-refractivity contribution in [3.05, 3.63) is 118 Å². The van der Waals surface area contributed by atoms with Crippen LogP contribution in [0.25, 0.3) is 11.0 Å². The van der Waals surface area contributed by atoms with E-state index in [1.807, 2.05) is 67.6 Å². The molecule has 2 heterocycles. The summed E-state index contributed by atoms with van der Waals surface area (Å²) in [5.74, 6) is 0.445. The molecule has 5 heteroatoms. The number of carbonyl (C=O) groups is 1. The number of benzene rings is 3. The van der Waals surface area contributed by atoms with Gasteiger partial charge in [0.25, 0.3) is 5.91 Å². The Morgan fingerprint density at radius 1 is 1.03 bits per heavy atom. The number of aryl methyl sites for hydroxylation is 1. The van der Waals surface area contributed by atoms with Gasteiger partial charge >= 0.3 is 0 Å². The molecule has 0 N–H and O–H groups in total. The zero-order valence-electron chi connectivity index (χ0n) is 17.6. The van der Waals surface area contributed by atoms with Gasteiger partial charge in [0.2, 0.25) is 5.76 Å². The molecule has 0 spiro atoms. The molecule has 0 saturated carbocycles. The smallest absolute Gasteiger partial charge is 0.295 e. The van der Waals surface area contributed by atoms with Crippen LogP contribution in [0, 0.1) is 6.92 Å². The molecular weight excluding hydrogens is 402 g/mol. The van der Waals surface area contributed by atoms with Crippen molar-refractivity contribution in [3.8, 4) is 5.75 Å². The Kier molecular flexibility index (Phi) is 4.86. The van der Waals surface area contributed by atoms with Crippen LogP contribution in [0.4, 0.5) is 5.69 Å². The second-order valence-corrected chi connectivity index (χ2v) is 7.76. The molecule has 0 radical (unpaired) electrons. The summed E-state index contributed by atoms with van der Waals surface area (Å²) in [6.45, 7) is 5.98. The number of para-hydroxylation sites is 1. The minimum absolute atomic E-state index is 0.0900. The van der Waals surface area contributed by atoms with Crippen LogP contribution in [-0.2, 0) is 0 Å². The van der Waals surface area contributed by atoms with Crippen molar-refractivity contribution in [2.24, 2.45) is 0 Å². The van der Waals surface area contributed by atoms with Gasteiger partial charge in [-0.25, -0.2) is 0 Å². The molecule has 0 aliphatic carbocycles. The molecule has 158 valence electrons. The topological polar surface area (TPSA) is 59.8 Å². The van der Waals surface area contributed by atoms with E-state index >= 15 is 0 Å². The molecule has 0 saturated heterocycles. The molecule has 1 unspecified atom stereocenters. The molecule has 4 aromatic rings. The quantitative estimate of drug-likeness (QED) is 0.403. The van der Waals surface area contributed by atoms with Crippen LogP contribution in [0.2, 0.25) is 0 Å². The molecule has 1 atom stereocenters. The maximum absolute atomic E-state index is 13.6. The fourth-order valence-electron chi connectivity index (χ4n) is 4.16. The van der Waals surface area contributed by atoms with Gasteiger partial charge in [-0.2, -0.15) is 0 Å². The summed E-state index contributed by atoms with van der Waals surface area (Å²) in [5, 5.41) is 0.474. The number of anilines is 1. The van der Waals surface area contributed by atoms with Gasteiger partial charge in [0.05, 0.1) is 17.0 Å². The number of amides is 1. The highest BCUT2D eigenvalue weighted by Crippen LogP contribution is 2.41. The highest BCUT2D eigenvalue weighted by atomic mass is 16.5. The van der Waals surface area contributed by atoms with Crippen LogP contribution in [0.15, 0.2) is 94.7 Å². The van der Waals surface area contributed by atoms with Crippen LogP contribution in [0.1, 0.15) is 33.3 Å². The van der Waals surface area contributed by atoms with Crippen LogP contribution in [0.3, 0.4) is 0 Å². The minimum atomic E-state index is -0.602. The van der Waals surface area contributed by atoms with Crippen molar-refractivity contribution in [3.63, 3.8) is 0 Å². The van der Waals surface area contributed by atoms with E-state index in [-0.39, 0.29) is 17.1 Å². The molecule has 3 aromatic carbocycles. The molecule has 5 rings (SSSR count). The van der Waals surface area contributed by atoms with Gasteiger partial charge in [-0.15, -0.1) is 0 Å². The number of fused-ring (bicyclic) bond motifs is 2. The van der Waals surface area contributed by atoms with Crippen molar-refractivity contribution in [1.82, 2.24) is 0 Å². The molecule has 1 aromatic heterocycles. The fraction of sp³-hybridized carbons (Fsp3) is 0.111. The van der Waals surface area contributed by atoms with Crippen molar-refractivity contribution in [1.29, 1.82) is 0 Å². The van der Waals surface area contributed by atoms with E-state index in [4.69, 9.17) is 9.15 Å². The number of hydrogen-bond donors (Lipinski definition) is 0. The van der Waals surface area contributed by atoms with Crippen molar-refractivity contribution in [2.45, 2.75) is 13.0 Å². The number of nitrogens with zero attached hydrogens (tertiary/aromatic N) is 1. The Morgan fingerprint density at radius 3 is 2.50 bits per heavy atom. The lowest BCUT2D eigenvalue weighted by molar-refractivity contribution is 0.0971. The van der Waals surface area contributed by atoms with E-state index in [0.717, 1.165) is 11.1 Å². The van der Waals surface area contributed by atoms with Crippen LogP contribution >= 0.6 is 0 Å². The van der Waals surface area contributed by atoms with Gasteiger partial charge < -0.3 is 9.15 Å². The first-order valence-electron chi connectivity index (χ1n) is 10.4. The molecule has 1 aliphatic heterocycles. The van der Waals surface area contributed by atoms with E-state index < -0.39 is 6.04 Å². The van der Waals surface area contributed by atoms with E-state index in [1.54, 1.807) is 23.1 Å². The summed E-state index contributed by atoms with van der Waals surface area (Å²) < 4.78 is 11.6. The average Bonchev–Trinajstić information content (AvgIpc) is 3.11. The Bertz CT molecular complexity index is 1390. The molecule has 32 heavy (non-hydrogen) atoms. The summed E-state index contributed by atoms with van der Waals surface area (Å²) in [5.41, 5.74) is 3.03. The number of hydrogen-bond acceptors (Lipinski definition) is 4. The summed E-state index contributed by atoms with van der Waals surface area (Å²) in [6.07, 6.45) is 1.68. The largest absolute Gasteiger partial charge is 0.490 e. The second-order valence-electron chi connectivity index (χ2n) is 7.76. The molecule has 0 bridgehead atoms. The van der Waals surface area contributed by atoms with E-state index in [0.29, 0.717) is 34.6 Å². The highest BCUT2D eigenvalue weighted by Gasteiger charge is 2.43. The van der Waals surface area contributed by atoms with Gasteiger partial charge in [0.15, 0.2) is 5.43 Å². The lowest BCUT2D eigenvalue weighted by Gasteiger charge is -2.25. The Balaban J connectivity index is 1.73. The normalized spacial score (nSPS) is 15.1. The third kappa shape index (κ3) is 3.19. The van der Waals surface area contributed by atoms with Gasteiger partial charge in [-0.3, -0.25) is 14.5 Å². The van der Waals surface area contributed by atoms with E-state index in [1.165, 1.54) is 0 Å². The maximum atomic E-state index is 13.6. The van der Waals surface area contributed by atoms with Crippen molar-refractivity contribution < 1.29 is 13.9 Å². The van der Waals surface area contributed by atoms with Gasteiger partial charge in [0.1, 0.15) is 17.9 Å². The van der Waals surface area contributed by atoms with E-state index in [9.17, 15) is 9.59 Å². The lowest BCUT2D eigenvalue weighted by Crippen LogP contribution is -2.29. The summed E-state index contributed by atoms with van der Waals surface area (Å²) in [4.78, 5) is 28.7. The summed E-state index contributed by atoms with van der Waals surface area (Å²) >= 11 is 0. The van der Waals surface area contributed by atoms with Gasteiger partial charge in [-0.05, 0) is 48.9 Å². The fourth-order valence-corrected chi connectivity index (χ4v) is 4.16. The molecule has 1 aliphatic rings. The second kappa shape index (κ2) is 7.85. The lowest BCUT2D eigenvalue weighted by atomic mass is 9.98. The Labute approximate surface area is 185 Å².